The first-order valence-electron chi connectivity index (χ1n) is 4.45. The molecular weight excluding hydrogens is 280 g/mol. The largest absolute Gasteiger partial charge is 0.412 e. The molecule has 0 bridgehead atoms. The lowest BCUT2D eigenvalue weighted by molar-refractivity contribution is -2.00. The number of nitrogens with zero attached hydrogens (tertiary/aromatic N) is 1. The van der Waals surface area contributed by atoms with Crippen LogP contribution in [0.3, 0.4) is 0 Å². The SMILES string of the molecule is O.O.[O-][Cl+3]([O-])([O-])[O-].c1cc(-c2cc[nH+]cc2)ccn1. The summed E-state index contributed by atoms with van der Waals surface area (Å²) in [6.45, 7) is 0. The van der Waals surface area contributed by atoms with E-state index in [1.165, 1.54) is 11.1 Å². The van der Waals surface area contributed by atoms with E-state index < -0.39 is 10.2 Å². The van der Waals surface area contributed by atoms with Gasteiger partial charge in [-0.1, -0.05) is 0 Å². The summed E-state index contributed by atoms with van der Waals surface area (Å²) in [6.07, 6.45) is 7.42. The highest BCUT2D eigenvalue weighted by molar-refractivity contribution is 5.61. The van der Waals surface area contributed by atoms with Gasteiger partial charge in [0.05, 0.1) is 0 Å². The fourth-order valence-corrected chi connectivity index (χ4v) is 1.12. The molecule has 19 heavy (non-hydrogen) atoms. The van der Waals surface area contributed by atoms with E-state index in [2.05, 4.69) is 9.97 Å². The Morgan fingerprint density at radius 1 is 0.789 bits per heavy atom. The Balaban J connectivity index is 0. The average molecular weight is 293 g/mol. The lowest BCUT2D eigenvalue weighted by Gasteiger charge is -2.17. The molecule has 0 aliphatic heterocycles. The molecule has 0 saturated carbocycles. The third kappa shape index (κ3) is 10.00. The molecular formula is C10H13ClN2O6. The number of hydrogen-bond acceptors (Lipinski definition) is 5. The predicted molar refractivity (Wildman–Crippen MR) is 53.5 cm³/mol. The summed E-state index contributed by atoms with van der Waals surface area (Å²) < 4.78 is 34.0. The van der Waals surface area contributed by atoms with E-state index in [0.29, 0.717) is 0 Å². The summed E-state index contributed by atoms with van der Waals surface area (Å²) in [7, 11) is -4.94. The Kier molecular flexibility index (Phi) is 9.64. The second-order valence-corrected chi connectivity index (χ2v) is 3.66. The molecule has 0 unspecified atom stereocenters. The van der Waals surface area contributed by atoms with E-state index >= 15 is 0 Å². The number of H-pyrrole nitrogens is 1. The van der Waals surface area contributed by atoms with E-state index in [1.54, 1.807) is 12.4 Å². The second-order valence-electron chi connectivity index (χ2n) is 2.90. The van der Waals surface area contributed by atoms with Gasteiger partial charge in [0.15, 0.2) is 12.4 Å². The molecule has 8 nitrogen and oxygen atoms in total. The molecule has 0 radical (unpaired) electrons. The van der Waals surface area contributed by atoms with Gasteiger partial charge >= 0.3 is 0 Å². The average Bonchev–Trinajstić information content (AvgIpc) is 2.29. The molecule has 0 saturated heterocycles. The van der Waals surface area contributed by atoms with Gasteiger partial charge in [-0.15, -0.1) is 10.2 Å². The first-order valence-corrected chi connectivity index (χ1v) is 5.68. The van der Waals surface area contributed by atoms with E-state index in [1.807, 2.05) is 36.7 Å². The zero-order valence-corrected chi connectivity index (χ0v) is 10.3. The van der Waals surface area contributed by atoms with Crippen molar-refractivity contribution in [1.82, 2.24) is 4.98 Å². The number of rotatable bonds is 1. The van der Waals surface area contributed by atoms with Crippen LogP contribution >= 0.6 is 0 Å². The maximum atomic E-state index is 8.49. The molecule has 9 heteroatoms. The van der Waals surface area contributed by atoms with Crippen LogP contribution in [-0.4, -0.2) is 15.9 Å². The highest BCUT2D eigenvalue weighted by atomic mass is 35.7. The van der Waals surface area contributed by atoms with Crippen LogP contribution in [-0.2, 0) is 0 Å². The minimum atomic E-state index is -4.94. The van der Waals surface area contributed by atoms with Crippen molar-refractivity contribution in [2.24, 2.45) is 0 Å². The first kappa shape index (κ1) is 19.7. The van der Waals surface area contributed by atoms with Crippen molar-refractivity contribution in [1.29, 1.82) is 0 Å². The number of halogens is 1. The highest BCUT2D eigenvalue weighted by Gasteiger charge is 1.95. The Labute approximate surface area is 111 Å². The molecule has 106 valence electrons. The molecule has 0 fully saturated rings. The second kappa shape index (κ2) is 9.30. The Morgan fingerprint density at radius 2 is 1.16 bits per heavy atom. The standard InChI is InChI=1S/C10H8N2.ClHO4.2H2O/c1-5-11-6-2-9(1)10-3-7-12-8-4-10;2-1(3,4)5;;/h1-8H;(H,2,3,4,5);2*1H2. The van der Waals surface area contributed by atoms with Crippen LogP contribution in [0.15, 0.2) is 49.1 Å². The molecule has 0 aliphatic carbocycles. The van der Waals surface area contributed by atoms with Crippen LogP contribution in [0.25, 0.3) is 11.1 Å². The van der Waals surface area contributed by atoms with Crippen LogP contribution in [0.5, 0.6) is 0 Å². The summed E-state index contributed by atoms with van der Waals surface area (Å²) in [6, 6.07) is 8.06. The molecule has 2 heterocycles. The lowest BCUT2D eigenvalue weighted by atomic mass is 10.1. The van der Waals surface area contributed by atoms with E-state index in [9.17, 15) is 0 Å². The van der Waals surface area contributed by atoms with E-state index in [0.717, 1.165) is 0 Å². The molecule has 0 atom stereocenters. The van der Waals surface area contributed by atoms with E-state index in [4.69, 9.17) is 18.6 Å². The fraction of sp³-hybridized carbons (Fsp3) is 0. The normalized spacial score (nSPS) is 9.26. The highest BCUT2D eigenvalue weighted by Crippen LogP contribution is 2.14. The number of aromatic amines is 1. The van der Waals surface area contributed by atoms with Gasteiger partial charge in [-0.05, 0) is 23.3 Å². The third-order valence-corrected chi connectivity index (χ3v) is 1.73. The summed E-state index contributed by atoms with van der Waals surface area (Å²) in [4.78, 5) is 6.95. The minimum absolute atomic E-state index is 0. The number of nitrogens with one attached hydrogen (secondary N) is 1. The Morgan fingerprint density at radius 3 is 1.58 bits per heavy atom. The topological polar surface area (TPSA) is 182 Å². The Bertz CT molecular complexity index is 393. The van der Waals surface area contributed by atoms with Gasteiger partial charge < -0.3 is 11.0 Å². The molecule has 0 amide bonds. The first-order chi connectivity index (χ1) is 7.97. The molecule has 2 aromatic rings. The van der Waals surface area contributed by atoms with Gasteiger partial charge in [0.1, 0.15) is 0 Å². The molecule has 0 spiro atoms. The third-order valence-electron chi connectivity index (χ3n) is 1.73. The van der Waals surface area contributed by atoms with Crippen molar-refractivity contribution < 1.29 is 44.8 Å². The zero-order valence-electron chi connectivity index (χ0n) is 9.58. The van der Waals surface area contributed by atoms with Crippen LogP contribution in [0.4, 0.5) is 0 Å². The smallest absolute Gasteiger partial charge is 0.167 e. The van der Waals surface area contributed by atoms with Crippen molar-refractivity contribution in [3.8, 4) is 11.1 Å². The minimum Gasteiger partial charge on any atom is -0.412 e. The zero-order chi connectivity index (χ0) is 12.7. The molecule has 5 N–H and O–H groups in total. The lowest BCUT2D eigenvalue weighted by Crippen LogP contribution is -2.68. The monoisotopic (exact) mass is 292 g/mol. The number of aromatic nitrogens is 2. The molecule has 0 aromatic carbocycles. The summed E-state index contributed by atoms with van der Waals surface area (Å²) in [5.74, 6) is 0. The van der Waals surface area contributed by atoms with Crippen LogP contribution in [0.2, 0.25) is 0 Å². The van der Waals surface area contributed by atoms with E-state index in [-0.39, 0.29) is 11.0 Å². The van der Waals surface area contributed by atoms with Gasteiger partial charge in [-0.3, -0.25) is 4.98 Å². The van der Waals surface area contributed by atoms with Crippen molar-refractivity contribution in [2.45, 2.75) is 0 Å². The molecule has 2 aromatic heterocycles. The van der Waals surface area contributed by atoms with Gasteiger partial charge in [0, 0.05) is 24.5 Å². The maximum Gasteiger partial charge on any atom is 0.167 e. The quantitative estimate of drug-likeness (QED) is 0.509. The van der Waals surface area contributed by atoms with Crippen LogP contribution in [0, 0.1) is 10.2 Å². The van der Waals surface area contributed by atoms with Crippen LogP contribution in [0.1, 0.15) is 0 Å². The van der Waals surface area contributed by atoms with Gasteiger partial charge in [-0.2, -0.15) is 0 Å². The van der Waals surface area contributed by atoms with Crippen molar-refractivity contribution >= 4 is 0 Å². The summed E-state index contributed by atoms with van der Waals surface area (Å²) in [5, 5.41) is 0. The Hall–Kier alpha value is -1.65. The number of hydrogen-bond donors (Lipinski definition) is 0. The van der Waals surface area contributed by atoms with Gasteiger partial charge in [-0.25, -0.2) is 23.6 Å². The van der Waals surface area contributed by atoms with Crippen molar-refractivity contribution in [3.05, 3.63) is 49.1 Å². The fourth-order valence-electron chi connectivity index (χ4n) is 1.12. The van der Waals surface area contributed by atoms with Crippen LogP contribution < -0.4 is 23.6 Å². The van der Waals surface area contributed by atoms with Crippen molar-refractivity contribution in [3.63, 3.8) is 0 Å². The van der Waals surface area contributed by atoms with Crippen molar-refractivity contribution in [2.75, 3.05) is 0 Å². The molecule has 2 rings (SSSR count). The summed E-state index contributed by atoms with van der Waals surface area (Å²) in [5.41, 5.74) is 2.40. The van der Waals surface area contributed by atoms with Gasteiger partial charge in [0.2, 0.25) is 0 Å². The maximum absolute atomic E-state index is 8.49. The number of pyridine rings is 2. The van der Waals surface area contributed by atoms with Gasteiger partial charge in [0.25, 0.3) is 0 Å². The molecule has 0 aliphatic rings. The predicted octanol–water partition coefficient (Wildman–Crippen LogP) is -4.84. The summed E-state index contributed by atoms with van der Waals surface area (Å²) >= 11 is 0.